The van der Waals surface area contributed by atoms with Crippen molar-refractivity contribution < 1.29 is 40.2 Å². The van der Waals surface area contributed by atoms with Gasteiger partial charge in [0.15, 0.2) is 5.75 Å². The molecule has 0 bridgehead atoms. The zero-order chi connectivity index (χ0) is 23.7. The number of sulfonamides is 1. The number of nitrogens with zero attached hydrogens (tertiary/aromatic N) is 4. The van der Waals surface area contributed by atoms with Crippen LogP contribution in [0.4, 0.5) is 23.5 Å². The molecule has 0 amide bonds. The summed E-state index contributed by atoms with van der Waals surface area (Å²) in [5, 5.41) is 3.86. The molecule has 10 nitrogen and oxygen atoms in total. The number of fused-ring (bicyclic) bond motifs is 1. The van der Waals surface area contributed by atoms with E-state index in [1.807, 2.05) is 4.72 Å². The highest BCUT2D eigenvalue weighted by molar-refractivity contribution is 7.92. The monoisotopic (exact) mass is 479 g/mol. The molecular formula is C17H17F4N5O5S. The molecule has 1 N–H and O–H groups in total. The summed E-state index contributed by atoms with van der Waals surface area (Å²) in [4.78, 5) is 6.60. The number of alkyl halides is 4. The van der Waals surface area contributed by atoms with Gasteiger partial charge in [-0.3, -0.25) is 0 Å². The van der Waals surface area contributed by atoms with Crippen LogP contribution in [0, 0.1) is 0 Å². The van der Waals surface area contributed by atoms with E-state index in [-0.39, 0.29) is 17.4 Å². The van der Waals surface area contributed by atoms with Crippen molar-refractivity contribution in [2.24, 2.45) is 0 Å². The van der Waals surface area contributed by atoms with E-state index in [2.05, 4.69) is 15.1 Å². The van der Waals surface area contributed by atoms with Gasteiger partial charge in [0.2, 0.25) is 5.65 Å². The fourth-order valence-electron chi connectivity index (χ4n) is 2.66. The first kappa shape index (κ1) is 23.3. The van der Waals surface area contributed by atoms with Crippen LogP contribution in [0.3, 0.4) is 0 Å². The molecule has 2 aromatic heterocycles. The van der Waals surface area contributed by atoms with Crippen molar-refractivity contribution in [1.29, 1.82) is 0 Å². The highest BCUT2D eigenvalue weighted by Gasteiger charge is 2.40. The van der Waals surface area contributed by atoms with Crippen molar-refractivity contribution in [3.05, 3.63) is 30.0 Å². The van der Waals surface area contributed by atoms with Crippen molar-refractivity contribution >= 4 is 21.6 Å². The maximum absolute atomic E-state index is 13.6. The van der Waals surface area contributed by atoms with Gasteiger partial charge in [-0.15, -0.1) is 5.10 Å². The minimum absolute atomic E-state index is 0.0103. The molecule has 2 heterocycles. The largest absolute Gasteiger partial charge is 0.491 e. The summed E-state index contributed by atoms with van der Waals surface area (Å²) in [5.74, 6) is -1.17. The first-order chi connectivity index (χ1) is 15.0. The lowest BCUT2D eigenvalue weighted by Crippen LogP contribution is -2.21. The van der Waals surface area contributed by atoms with Crippen LogP contribution in [0.25, 0.3) is 5.65 Å². The Morgan fingerprint density at radius 2 is 1.91 bits per heavy atom. The number of rotatable bonds is 8. The number of hydrogen-bond donors (Lipinski definition) is 1. The first-order valence-corrected chi connectivity index (χ1v) is 10.3. The fourth-order valence-corrected chi connectivity index (χ4v) is 3.96. The molecule has 0 fully saturated rings. The molecule has 0 saturated heterocycles. The fraction of sp³-hybridized carbons (Fsp3) is 0.353. The van der Waals surface area contributed by atoms with Crippen LogP contribution in [-0.2, 0) is 16.2 Å². The van der Waals surface area contributed by atoms with Gasteiger partial charge in [0.25, 0.3) is 16.0 Å². The molecule has 1 aromatic carbocycles. The average molecular weight is 479 g/mol. The van der Waals surface area contributed by atoms with Gasteiger partial charge in [-0.25, -0.2) is 17.5 Å². The van der Waals surface area contributed by atoms with Gasteiger partial charge in [0, 0.05) is 0 Å². The van der Waals surface area contributed by atoms with Crippen LogP contribution < -0.4 is 18.9 Å². The summed E-state index contributed by atoms with van der Waals surface area (Å²) >= 11 is 0. The predicted octanol–water partition coefficient (Wildman–Crippen LogP) is 2.70. The van der Waals surface area contributed by atoms with Gasteiger partial charge in [-0.05, 0) is 19.1 Å². The van der Waals surface area contributed by atoms with E-state index in [0.29, 0.717) is 6.07 Å². The van der Waals surface area contributed by atoms with Crippen LogP contribution in [0.2, 0.25) is 0 Å². The Morgan fingerprint density at radius 1 is 1.19 bits per heavy atom. The maximum Gasteiger partial charge on any atom is 0.417 e. The second-order valence-corrected chi connectivity index (χ2v) is 7.93. The number of halogens is 4. The van der Waals surface area contributed by atoms with E-state index in [0.717, 1.165) is 23.6 Å². The molecule has 3 rings (SSSR count). The molecule has 0 aliphatic carbocycles. The Morgan fingerprint density at radius 3 is 2.50 bits per heavy atom. The molecule has 3 aromatic rings. The number of aromatic nitrogens is 4. The second-order valence-electron chi connectivity index (χ2n) is 6.31. The normalized spacial score (nSPS) is 13.1. The number of hydrogen-bond acceptors (Lipinski definition) is 8. The Labute approximate surface area is 179 Å². The molecule has 0 aliphatic rings. The zero-order valence-corrected chi connectivity index (χ0v) is 17.7. The van der Waals surface area contributed by atoms with E-state index in [4.69, 9.17) is 14.2 Å². The molecule has 1 unspecified atom stereocenters. The lowest BCUT2D eigenvalue weighted by Gasteiger charge is -2.17. The third-order valence-corrected chi connectivity index (χ3v) is 5.36. The molecule has 0 spiro atoms. The number of ether oxygens (including phenoxy) is 3. The molecule has 15 heteroatoms. The first-order valence-electron chi connectivity index (χ1n) is 8.81. The SMILES string of the molecule is COc1cnc(OC)n2nc(NS(=O)(=O)c3c(OCC(C)F)cccc3C(F)(F)F)nc12. The summed E-state index contributed by atoms with van der Waals surface area (Å²) < 4.78 is 97.8. The molecular weight excluding hydrogens is 462 g/mol. The number of benzene rings is 1. The number of anilines is 1. The third-order valence-electron chi connectivity index (χ3n) is 3.95. The summed E-state index contributed by atoms with van der Waals surface area (Å²) in [6, 6.07) is 2.41. The standard InChI is InChI=1S/C17H17F4N5O5S/c1-9(18)8-31-11-6-4-5-10(17(19,20)21)13(11)32(27,28)25-15-23-14-12(29-2)7-22-16(30-3)26(14)24-15/h4-7,9H,8H2,1-3H3,(H,24,25). The highest BCUT2D eigenvalue weighted by atomic mass is 32.2. The van der Waals surface area contributed by atoms with Crippen LogP contribution in [0.5, 0.6) is 17.5 Å². The van der Waals surface area contributed by atoms with Crippen molar-refractivity contribution in [2.45, 2.75) is 24.2 Å². The second kappa shape index (κ2) is 8.64. The third kappa shape index (κ3) is 4.61. The zero-order valence-electron chi connectivity index (χ0n) is 16.8. The van der Waals surface area contributed by atoms with Crippen LogP contribution in [0.15, 0.2) is 29.3 Å². The van der Waals surface area contributed by atoms with E-state index < -0.39 is 51.1 Å². The van der Waals surface area contributed by atoms with E-state index >= 15 is 0 Å². The summed E-state index contributed by atoms with van der Waals surface area (Å²) in [6.45, 7) is 0.450. The quantitative estimate of drug-likeness (QED) is 0.490. The average Bonchev–Trinajstić information content (AvgIpc) is 3.13. The molecule has 1 atom stereocenters. The van der Waals surface area contributed by atoms with Gasteiger partial charge >= 0.3 is 12.2 Å². The van der Waals surface area contributed by atoms with Gasteiger partial charge in [-0.1, -0.05) is 6.07 Å². The molecule has 0 saturated carbocycles. The van der Waals surface area contributed by atoms with Gasteiger partial charge < -0.3 is 14.2 Å². The van der Waals surface area contributed by atoms with Gasteiger partial charge in [0.1, 0.15) is 23.4 Å². The van der Waals surface area contributed by atoms with Crippen molar-refractivity contribution in [1.82, 2.24) is 19.6 Å². The number of nitrogens with one attached hydrogen (secondary N) is 1. The van der Waals surface area contributed by atoms with E-state index in [9.17, 15) is 26.0 Å². The Kier molecular flexibility index (Phi) is 6.29. The summed E-state index contributed by atoms with van der Waals surface area (Å²) in [6.07, 6.45) is -5.36. The van der Waals surface area contributed by atoms with Gasteiger partial charge in [0.05, 0.1) is 26.0 Å². The minimum atomic E-state index is -5.05. The highest BCUT2D eigenvalue weighted by Crippen LogP contribution is 2.39. The molecule has 0 aliphatic heterocycles. The molecule has 0 radical (unpaired) electrons. The predicted molar refractivity (Wildman–Crippen MR) is 102 cm³/mol. The van der Waals surface area contributed by atoms with Gasteiger partial charge in [-0.2, -0.15) is 27.7 Å². The maximum atomic E-state index is 13.6. The molecule has 32 heavy (non-hydrogen) atoms. The Bertz CT molecular complexity index is 1190. The van der Waals surface area contributed by atoms with E-state index in [1.165, 1.54) is 20.4 Å². The minimum Gasteiger partial charge on any atom is -0.491 e. The van der Waals surface area contributed by atoms with Crippen molar-refractivity contribution in [3.63, 3.8) is 0 Å². The van der Waals surface area contributed by atoms with Crippen LogP contribution in [-0.4, -0.2) is 55.0 Å². The summed E-state index contributed by atoms with van der Waals surface area (Å²) in [5.41, 5.74) is -1.52. The Balaban J connectivity index is 2.12. The van der Waals surface area contributed by atoms with Crippen LogP contribution >= 0.6 is 0 Å². The Hall–Kier alpha value is -3.36. The van der Waals surface area contributed by atoms with Crippen LogP contribution in [0.1, 0.15) is 12.5 Å². The lowest BCUT2D eigenvalue weighted by molar-refractivity contribution is -0.140. The molecule has 174 valence electrons. The topological polar surface area (TPSA) is 117 Å². The lowest BCUT2D eigenvalue weighted by atomic mass is 10.2. The number of methoxy groups -OCH3 is 2. The summed E-state index contributed by atoms with van der Waals surface area (Å²) in [7, 11) is -2.37. The smallest absolute Gasteiger partial charge is 0.417 e. The van der Waals surface area contributed by atoms with Crippen molar-refractivity contribution in [3.8, 4) is 17.5 Å². The van der Waals surface area contributed by atoms with Crippen molar-refractivity contribution in [2.75, 3.05) is 25.5 Å². The van der Waals surface area contributed by atoms with E-state index in [1.54, 1.807) is 0 Å².